The van der Waals surface area contributed by atoms with Crippen LogP contribution in [-0.4, -0.2) is 25.0 Å². The number of halogens is 2. The van der Waals surface area contributed by atoms with Gasteiger partial charge in [-0.25, -0.2) is 14.5 Å². The quantitative estimate of drug-likeness (QED) is 0.450. The number of carbonyl (C=O) groups is 3. The van der Waals surface area contributed by atoms with Crippen LogP contribution >= 0.6 is 23.2 Å². The molecule has 0 atom stereocenters. The first-order valence-electron chi connectivity index (χ1n) is 7.41. The summed E-state index contributed by atoms with van der Waals surface area (Å²) in [7, 11) is 1.18. The molecular weight excluding hydrogens is 379 g/mol. The zero-order valence-corrected chi connectivity index (χ0v) is 15.0. The SMILES string of the molecule is COC(=O)/C=C1/C(=O)N(c2ccc(Cl)cc2)C(=O)N1c1ccc(Cl)cc1. The van der Waals surface area contributed by atoms with Crippen molar-refractivity contribution in [2.45, 2.75) is 0 Å². The van der Waals surface area contributed by atoms with Crippen molar-refractivity contribution in [3.8, 4) is 0 Å². The number of rotatable bonds is 3. The molecule has 0 spiro atoms. The lowest BCUT2D eigenvalue weighted by Gasteiger charge is -2.17. The number of esters is 1. The highest BCUT2D eigenvalue weighted by atomic mass is 35.5. The minimum Gasteiger partial charge on any atom is -0.466 e. The van der Waals surface area contributed by atoms with Gasteiger partial charge in [-0.05, 0) is 48.5 Å². The van der Waals surface area contributed by atoms with Gasteiger partial charge in [-0.3, -0.25) is 9.69 Å². The average molecular weight is 391 g/mol. The summed E-state index contributed by atoms with van der Waals surface area (Å²) in [6.45, 7) is 0. The lowest BCUT2D eigenvalue weighted by molar-refractivity contribution is -0.135. The molecule has 1 aliphatic heterocycles. The van der Waals surface area contributed by atoms with Gasteiger partial charge in [0.15, 0.2) is 0 Å². The summed E-state index contributed by atoms with van der Waals surface area (Å²) in [6, 6.07) is 11.9. The Morgan fingerprint density at radius 3 is 1.81 bits per heavy atom. The molecule has 0 saturated carbocycles. The van der Waals surface area contributed by atoms with Crippen LogP contribution in [0.25, 0.3) is 0 Å². The van der Waals surface area contributed by atoms with Crippen LogP contribution in [0.2, 0.25) is 10.0 Å². The van der Waals surface area contributed by atoms with Gasteiger partial charge in [0.25, 0.3) is 5.91 Å². The molecule has 2 aromatic rings. The number of urea groups is 1. The maximum absolute atomic E-state index is 12.9. The molecule has 0 unspecified atom stereocenters. The van der Waals surface area contributed by atoms with Crippen LogP contribution in [0.3, 0.4) is 0 Å². The van der Waals surface area contributed by atoms with E-state index in [4.69, 9.17) is 23.2 Å². The molecule has 132 valence electrons. The molecule has 0 aromatic heterocycles. The Balaban J connectivity index is 2.10. The fraction of sp³-hybridized carbons (Fsp3) is 0.0556. The summed E-state index contributed by atoms with van der Waals surface area (Å²) in [5, 5.41) is 0.938. The smallest absolute Gasteiger partial charge is 0.340 e. The second-order valence-corrected chi connectivity index (χ2v) is 6.14. The van der Waals surface area contributed by atoms with Gasteiger partial charge in [0, 0.05) is 10.0 Å². The molecule has 1 aliphatic rings. The minimum atomic E-state index is -0.752. The van der Waals surface area contributed by atoms with Crippen molar-refractivity contribution < 1.29 is 19.1 Å². The second-order valence-electron chi connectivity index (χ2n) is 5.26. The number of nitrogens with zero attached hydrogens (tertiary/aromatic N) is 2. The summed E-state index contributed by atoms with van der Waals surface area (Å²) < 4.78 is 4.59. The van der Waals surface area contributed by atoms with Gasteiger partial charge in [0.05, 0.1) is 24.6 Å². The van der Waals surface area contributed by atoms with Crippen LogP contribution < -0.4 is 9.80 Å². The van der Waals surface area contributed by atoms with Gasteiger partial charge in [0.2, 0.25) is 0 Å². The van der Waals surface area contributed by atoms with E-state index in [2.05, 4.69) is 4.74 Å². The number of methoxy groups -OCH3 is 1. The average Bonchev–Trinajstić information content (AvgIpc) is 2.87. The predicted molar refractivity (Wildman–Crippen MR) is 98.4 cm³/mol. The third-order valence-corrected chi connectivity index (χ3v) is 4.18. The molecule has 26 heavy (non-hydrogen) atoms. The van der Waals surface area contributed by atoms with Gasteiger partial charge >= 0.3 is 12.0 Å². The molecule has 1 fully saturated rings. The zero-order chi connectivity index (χ0) is 18.8. The zero-order valence-electron chi connectivity index (χ0n) is 13.5. The summed E-state index contributed by atoms with van der Waals surface area (Å²) in [6.07, 6.45) is 0.977. The monoisotopic (exact) mass is 390 g/mol. The fourth-order valence-corrected chi connectivity index (χ4v) is 2.71. The largest absolute Gasteiger partial charge is 0.466 e. The Labute approximate surface area is 159 Å². The number of hydrogen-bond donors (Lipinski definition) is 0. The molecule has 3 amide bonds. The first-order chi connectivity index (χ1) is 12.4. The summed E-state index contributed by atoms with van der Waals surface area (Å²) in [5.41, 5.74) is 0.593. The first kappa shape index (κ1) is 18.0. The standard InChI is InChI=1S/C18H12Cl2N2O4/c1-26-16(23)10-15-17(24)22(14-8-4-12(20)5-9-14)18(25)21(15)13-6-2-11(19)3-7-13/h2-10H,1H3/b15-10-. The third-order valence-electron chi connectivity index (χ3n) is 3.67. The van der Waals surface area contributed by atoms with Gasteiger partial charge < -0.3 is 4.74 Å². The molecule has 8 heteroatoms. The number of amides is 3. The van der Waals surface area contributed by atoms with E-state index < -0.39 is 17.9 Å². The lowest BCUT2D eigenvalue weighted by atomic mass is 10.2. The van der Waals surface area contributed by atoms with Crippen molar-refractivity contribution in [1.29, 1.82) is 0 Å². The predicted octanol–water partition coefficient (Wildman–Crippen LogP) is 4.02. The lowest BCUT2D eigenvalue weighted by Crippen LogP contribution is -2.32. The number of imide groups is 1. The highest BCUT2D eigenvalue weighted by Crippen LogP contribution is 2.33. The second kappa shape index (κ2) is 7.19. The molecule has 1 heterocycles. The Bertz CT molecular complexity index is 908. The van der Waals surface area contributed by atoms with E-state index in [9.17, 15) is 14.4 Å². The maximum Gasteiger partial charge on any atom is 0.340 e. The minimum absolute atomic E-state index is 0.126. The van der Waals surface area contributed by atoms with Gasteiger partial charge in [0.1, 0.15) is 5.70 Å². The van der Waals surface area contributed by atoms with Crippen LogP contribution in [0, 0.1) is 0 Å². The fourth-order valence-electron chi connectivity index (χ4n) is 2.45. The van der Waals surface area contributed by atoms with E-state index in [1.165, 1.54) is 7.11 Å². The Kier molecular flexibility index (Phi) is 4.97. The number of hydrogen-bond acceptors (Lipinski definition) is 4. The van der Waals surface area contributed by atoms with Crippen LogP contribution in [0.1, 0.15) is 0 Å². The summed E-state index contributed by atoms with van der Waals surface area (Å²) in [4.78, 5) is 39.6. The van der Waals surface area contributed by atoms with Gasteiger partial charge in [-0.1, -0.05) is 23.2 Å². The Morgan fingerprint density at radius 1 is 0.885 bits per heavy atom. The van der Waals surface area contributed by atoms with Crippen molar-refractivity contribution in [3.63, 3.8) is 0 Å². The summed E-state index contributed by atoms with van der Waals surface area (Å²) in [5.74, 6) is -1.41. The van der Waals surface area contributed by atoms with Crippen molar-refractivity contribution in [3.05, 3.63) is 70.3 Å². The third kappa shape index (κ3) is 3.29. The Hall–Kier alpha value is -2.83. The molecule has 0 bridgehead atoms. The molecule has 0 N–H and O–H groups in total. The normalized spacial score (nSPS) is 15.7. The topological polar surface area (TPSA) is 66.9 Å². The molecule has 1 saturated heterocycles. The molecular formula is C18H12Cl2N2O4. The molecule has 3 rings (SSSR count). The van der Waals surface area contributed by atoms with Crippen LogP contribution in [0.15, 0.2) is 60.3 Å². The number of carbonyl (C=O) groups excluding carboxylic acids is 3. The van der Waals surface area contributed by atoms with Crippen LogP contribution in [0.5, 0.6) is 0 Å². The van der Waals surface area contributed by atoms with Crippen molar-refractivity contribution in [2.24, 2.45) is 0 Å². The van der Waals surface area contributed by atoms with E-state index in [0.29, 0.717) is 21.4 Å². The van der Waals surface area contributed by atoms with Gasteiger partial charge in [-0.15, -0.1) is 0 Å². The van der Waals surface area contributed by atoms with Crippen molar-refractivity contribution in [2.75, 3.05) is 16.9 Å². The van der Waals surface area contributed by atoms with E-state index in [0.717, 1.165) is 15.9 Å². The molecule has 0 aliphatic carbocycles. The molecule has 6 nitrogen and oxygen atoms in total. The van der Waals surface area contributed by atoms with E-state index >= 15 is 0 Å². The van der Waals surface area contributed by atoms with Crippen LogP contribution in [-0.2, 0) is 14.3 Å². The number of benzene rings is 2. The molecule has 2 aromatic carbocycles. The highest BCUT2D eigenvalue weighted by Gasteiger charge is 2.43. The maximum atomic E-state index is 12.9. The van der Waals surface area contributed by atoms with Gasteiger partial charge in [-0.2, -0.15) is 0 Å². The highest BCUT2D eigenvalue weighted by molar-refractivity contribution is 6.35. The van der Waals surface area contributed by atoms with E-state index in [-0.39, 0.29) is 5.70 Å². The van der Waals surface area contributed by atoms with E-state index in [1.54, 1.807) is 48.5 Å². The van der Waals surface area contributed by atoms with E-state index in [1.807, 2.05) is 0 Å². The van der Waals surface area contributed by atoms with Crippen LogP contribution in [0.4, 0.5) is 16.2 Å². The Morgan fingerprint density at radius 2 is 1.35 bits per heavy atom. The number of anilines is 2. The van der Waals surface area contributed by atoms with Crippen molar-refractivity contribution >= 4 is 52.5 Å². The summed E-state index contributed by atoms with van der Waals surface area (Å²) >= 11 is 11.7. The molecule has 0 radical (unpaired) electrons. The number of ether oxygens (including phenoxy) is 1. The first-order valence-corrected chi connectivity index (χ1v) is 8.17. The van der Waals surface area contributed by atoms with Crippen molar-refractivity contribution in [1.82, 2.24) is 0 Å².